The number of aromatic nitrogens is 1. The first kappa shape index (κ1) is 23.6. The molecule has 1 amide bonds. The Kier molecular flexibility index (Phi) is 5.98. The van der Waals surface area contributed by atoms with Crippen LogP contribution in [-0.4, -0.2) is 38.7 Å². The Morgan fingerprint density at radius 1 is 1.03 bits per heavy atom. The number of fused-ring (bicyclic) bond motifs is 1. The van der Waals surface area contributed by atoms with Crippen LogP contribution in [0.2, 0.25) is 0 Å². The van der Waals surface area contributed by atoms with Crippen LogP contribution in [0, 0.1) is 11.3 Å². The minimum absolute atomic E-state index is 0.171. The van der Waals surface area contributed by atoms with Gasteiger partial charge in [-0.15, -0.1) is 0 Å². The Balaban J connectivity index is 1.59. The Morgan fingerprint density at radius 3 is 2.42 bits per heavy atom. The maximum atomic E-state index is 13.7. The standard InChI is InChI=1S/C27H25N5O3S/c1-36(34,35)21-9-7-20(8-10-21)32-25-12-5-18(17-28)15-22(25)23(27(32)33)16-19-6-11-24(29)26(30-19)31-13-3-2-4-14-31/h5-12,15-16H,2-4,13-14,29H2,1H3. The molecule has 2 aliphatic rings. The molecule has 3 heterocycles. The summed E-state index contributed by atoms with van der Waals surface area (Å²) in [4.78, 5) is 22.3. The number of benzene rings is 2. The van der Waals surface area contributed by atoms with E-state index in [1.165, 1.54) is 23.5 Å². The maximum Gasteiger partial charge on any atom is 0.263 e. The highest BCUT2D eigenvalue weighted by Crippen LogP contribution is 2.43. The molecular weight excluding hydrogens is 474 g/mol. The zero-order valence-electron chi connectivity index (χ0n) is 19.8. The molecular formula is C27H25N5O3S. The van der Waals surface area contributed by atoms with Crippen LogP contribution in [0.5, 0.6) is 0 Å². The summed E-state index contributed by atoms with van der Waals surface area (Å²) < 4.78 is 23.8. The third-order valence-corrected chi connectivity index (χ3v) is 7.62. The molecule has 9 heteroatoms. The van der Waals surface area contributed by atoms with Crippen molar-refractivity contribution in [1.82, 2.24) is 4.98 Å². The first-order valence-electron chi connectivity index (χ1n) is 11.7. The number of hydrogen-bond acceptors (Lipinski definition) is 7. The number of nitrogens with zero attached hydrogens (tertiary/aromatic N) is 4. The maximum absolute atomic E-state index is 13.7. The van der Waals surface area contributed by atoms with E-state index in [2.05, 4.69) is 11.0 Å². The summed E-state index contributed by atoms with van der Waals surface area (Å²) in [6.45, 7) is 1.78. The van der Waals surface area contributed by atoms with E-state index in [0.29, 0.717) is 45.3 Å². The summed E-state index contributed by atoms with van der Waals surface area (Å²) in [7, 11) is -3.37. The molecule has 1 fully saturated rings. The van der Waals surface area contributed by atoms with Crippen LogP contribution in [0.1, 0.15) is 36.1 Å². The van der Waals surface area contributed by atoms with Crippen molar-refractivity contribution in [2.24, 2.45) is 0 Å². The van der Waals surface area contributed by atoms with E-state index in [9.17, 15) is 18.5 Å². The topological polar surface area (TPSA) is 120 Å². The summed E-state index contributed by atoms with van der Waals surface area (Å²) in [6, 6.07) is 17.0. The van der Waals surface area contributed by atoms with Crippen molar-refractivity contribution in [3.8, 4) is 6.07 Å². The Labute approximate surface area is 210 Å². The highest BCUT2D eigenvalue weighted by atomic mass is 32.2. The van der Waals surface area contributed by atoms with Gasteiger partial charge in [0, 0.05) is 30.6 Å². The van der Waals surface area contributed by atoms with E-state index in [1.54, 1.807) is 48.5 Å². The molecule has 1 aromatic heterocycles. The van der Waals surface area contributed by atoms with E-state index in [1.807, 2.05) is 0 Å². The number of carbonyl (C=O) groups is 1. The fourth-order valence-electron chi connectivity index (χ4n) is 4.66. The lowest BCUT2D eigenvalue weighted by molar-refractivity contribution is -0.112. The lowest BCUT2D eigenvalue weighted by Crippen LogP contribution is -2.31. The summed E-state index contributed by atoms with van der Waals surface area (Å²) in [6.07, 6.45) is 6.22. The number of anilines is 4. The van der Waals surface area contributed by atoms with Crippen LogP contribution >= 0.6 is 0 Å². The van der Waals surface area contributed by atoms with Gasteiger partial charge < -0.3 is 10.6 Å². The summed E-state index contributed by atoms with van der Waals surface area (Å²) >= 11 is 0. The van der Waals surface area contributed by atoms with Gasteiger partial charge in [-0.1, -0.05) is 0 Å². The van der Waals surface area contributed by atoms with Crippen molar-refractivity contribution in [1.29, 1.82) is 5.26 Å². The zero-order chi connectivity index (χ0) is 25.4. The highest BCUT2D eigenvalue weighted by molar-refractivity contribution is 7.90. The molecule has 2 aliphatic heterocycles. The largest absolute Gasteiger partial charge is 0.396 e. The predicted molar refractivity (Wildman–Crippen MR) is 140 cm³/mol. The molecule has 0 spiro atoms. The van der Waals surface area contributed by atoms with Gasteiger partial charge in [0.25, 0.3) is 5.91 Å². The second-order valence-corrected chi connectivity index (χ2v) is 11.0. The van der Waals surface area contributed by atoms with Gasteiger partial charge in [-0.25, -0.2) is 13.4 Å². The second kappa shape index (κ2) is 9.13. The van der Waals surface area contributed by atoms with E-state index < -0.39 is 9.84 Å². The fraction of sp³-hybridized carbons (Fsp3) is 0.222. The number of nitrogens with two attached hydrogens (primary N) is 1. The molecule has 36 heavy (non-hydrogen) atoms. The van der Waals surface area contributed by atoms with E-state index in [-0.39, 0.29) is 10.8 Å². The van der Waals surface area contributed by atoms with Crippen LogP contribution < -0.4 is 15.5 Å². The average Bonchev–Trinajstić information content (AvgIpc) is 3.15. The van der Waals surface area contributed by atoms with Crippen LogP contribution in [-0.2, 0) is 14.6 Å². The molecule has 2 aromatic carbocycles. The van der Waals surface area contributed by atoms with Crippen molar-refractivity contribution in [3.63, 3.8) is 0 Å². The van der Waals surface area contributed by atoms with E-state index in [4.69, 9.17) is 10.7 Å². The number of pyridine rings is 1. The van der Waals surface area contributed by atoms with E-state index in [0.717, 1.165) is 32.2 Å². The van der Waals surface area contributed by atoms with E-state index >= 15 is 0 Å². The number of amides is 1. The number of rotatable bonds is 4. The highest BCUT2D eigenvalue weighted by Gasteiger charge is 2.34. The van der Waals surface area contributed by atoms with Crippen LogP contribution in [0.3, 0.4) is 0 Å². The number of nitrogen functional groups attached to an aromatic ring is 1. The van der Waals surface area contributed by atoms with Crippen molar-refractivity contribution in [2.45, 2.75) is 24.2 Å². The third-order valence-electron chi connectivity index (χ3n) is 6.49. The van der Waals surface area contributed by atoms with Gasteiger partial charge >= 0.3 is 0 Å². The van der Waals surface area contributed by atoms with Gasteiger partial charge in [0.2, 0.25) is 0 Å². The quantitative estimate of drug-likeness (QED) is 0.535. The van der Waals surface area contributed by atoms with Crippen molar-refractivity contribution in [3.05, 3.63) is 71.4 Å². The third kappa shape index (κ3) is 4.32. The SMILES string of the molecule is CS(=O)(=O)c1ccc(N2C(=O)C(=Cc3ccc(N)c(N4CCCCC4)n3)c3cc(C#N)ccc32)cc1. The molecule has 0 bridgehead atoms. The Morgan fingerprint density at radius 2 is 1.75 bits per heavy atom. The molecule has 1 saturated heterocycles. The van der Waals surface area contributed by atoms with Gasteiger partial charge in [-0.3, -0.25) is 9.69 Å². The molecule has 0 unspecified atom stereocenters. The number of piperidine rings is 1. The molecule has 0 atom stereocenters. The minimum Gasteiger partial charge on any atom is -0.396 e. The summed E-state index contributed by atoms with van der Waals surface area (Å²) in [5.74, 6) is 0.430. The molecule has 3 aromatic rings. The smallest absolute Gasteiger partial charge is 0.263 e. The molecule has 2 N–H and O–H groups in total. The van der Waals surface area contributed by atoms with Crippen molar-refractivity contribution >= 4 is 50.3 Å². The monoisotopic (exact) mass is 499 g/mol. The first-order valence-corrected chi connectivity index (χ1v) is 13.6. The van der Waals surface area contributed by atoms with Gasteiger partial charge in [-0.05, 0) is 79.9 Å². The van der Waals surface area contributed by atoms with Gasteiger partial charge in [-0.2, -0.15) is 5.26 Å². The molecule has 182 valence electrons. The predicted octanol–water partition coefficient (Wildman–Crippen LogP) is 4.15. The van der Waals surface area contributed by atoms with Crippen LogP contribution in [0.25, 0.3) is 11.6 Å². The summed E-state index contributed by atoms with van der Waals surface area (Å²) in [5.41, 5.74) is 10.0. The Hall–Kier alpha value is -4.16. The second-order valence-electron chi connectivity index (χ2n) is 9.01. The zero-order valence-corrected chi connectivity index (χ0v) is 20.6. The Bertz CT molecular complexity index is 1530. The lowest BCUT2D eigenvalue weighted by atomic mass is 10.0. The number of carbonyl (C=O) groups excluding carboxylic acids is 1. The molecule has 0 radical (unpaired) electrons. The number of nitriles is 1. The molecule has 0 aliphatic carbocycles. The fourth-order valence-corrected chi connectivity index (χ4v) is 5.29. The van der Waals surface area contributed by atoms with Gasteiger partial charge in [0.15, 0.2) is 15.7 Å². The van der Waals surface area contributed by atoms with Gasteiger partial charge in [0.1, 0.15) is 0 Å². The van der Waals surface area contributed by atoms with Crippen LogP contribution in [0.4, 0.5) is 22.9 Å². The normalized spacial score (nSPS) is 16.8. The summed E-state index contributed by atoms with van der Waals surface area (Å²) in [5, 5.41) is 9.45. The minimum atomic E-state index is -3.37. The average molecular weight is 500 g/mol. The first-order chi connectivity index (χ1) is 17.3. The number of hydrogen-bond donors (Lipinski definition) is 1. The lowest BCUT2D eigenvalue weighted by Gasteiger charge is -2.28. The molecule has 0 saturated carbocycles. The van der Waals surface area contributed by atoms with Gasteiger partial charge in [0.05, 0.1) is 39.2 Å². The van der Waals surface area contributed by atoms with Crippen LogP contribution in [0.15, 0.2) is 59.5 Å². The molecule has 8 nitrogen and oxygen atoms in total. The van der Waals surface area contributed by atoms with Crippen molar-refractivity contribution in [2.75, 3.05) is 34.9 Å². The van der Waals surface area contributed by atoms with Crippen molar-refractivity contribution < 1.29 is 13.2 Å². The molecule has 5 rings (SSSR count). The number of sulfone groups is 1.